The molecule has 1 saturated carbocycles. The number of hydrogen-bond donors (Lipinski definition) is 0. The molecular formula is C13H17F3N2O2. The molecule has 1 aromatic rings. The number of halogens is 3. The minimum absolute atomic E-state index is 0.345. The quantitative estimate of drug-likeness (QED) is 0.800. The molecule has 4 nitrogen and oxygen atoms in total. The summed E-state index contributed by atoms with van der Waals surface area (Å²) in [6, 6.07) is 0.101. The SMILES string of the molecule is COC(=O)[C@H](CC1CCCC1)n1ccc(C(F)(F)F)n1. The third kappa shape index (κ3) is 3.32. The average molecular weight is 290 g/mol. The van der Waals surface area contributed by atoms with Crippen LogP contribution >= 0.6 is 0 Å². The van der Waals surface area contributed by atoms with Crippen LogP contribution in [0.3, 0.4) is 0 Å². The van der Waals surface area contributed by atoms with Crippen molar-refractivity contribution < 1.29 is 22.7 Å². The van der Waals surface area contributed by atoms with Gasteiger partial charge in [0.2, 0.25) is 0 Å². The van der Waals surface area contributed by atoms with Crippen LogP contribution < -0.4 is 0 Å². The van der Waals surface area contributed by atoms with Gasteiger partial charge in [0.1, 0.15) is 6.04 Å². The molecule has 1 fully saturated rings. The molecule has 0 unspecified atom stereocenters. The van der Waals surface area contributed by atoms with Crippen molar-refractivity contribution in [2.24, 2.45) is 5.92 Å². The molecule has 1 aliphatic rings. The fourth-order valence-electron chi connectivity index (χ4n) is 2.67. The van der Waals surface area contributed by atoms with E-state index in [1.54, 1.807) is 0 Å². The number of hydrogen-bond acceptors (Lipinski definition) is 3. The minimum atomic E-state index is -4.50. The molecule has 0 aromatic carbocycles. The molecule has 1 atom stereocenters. The summed E-state index contributed by atoms with van der Waals surface area (Å²) < 4.78 is 43.4. The lowest BCUT2D eigenvalue weighted by Gasteiger charge is -2.19. The van der Waals surface area contributed by atoms with Crippen LogP contribution in [0.25, 0.3) is 0 Å². The Balaban J connectivity index is 2.17. The Labute approximate surface area is 114 Å². The highest BCUT2D eigenvalue weighted by molar-refractivity contribution is 5.73. The topological polar surface area (TPSA) is 44.1 Å². The standard InChI is InChI=1S/C13H17F3N2O2/c1-20-12(19)10(8-9-4-2-3-5-9)18-7-6-11(17-18)13(14,15)16/h6-7,9-10H,2-5,8H2,1H3/t10-/m0/s1. The van der Waals surface area contributed by atoms with E-state index in [1.165, 1.54) is 13.3 Å². The molecule has 20 heavy (non-hydrogen) atoms. The van der Waals surface area contributed by atoms with Crippen molar-refractivity contribution in [2.45, 2.75) is 44.3 Å². The van der Waals surface area contributed by atoms with Crippen LogP contribution in [0.15, 0.2) is 12.3 Å². The highest BCUT2D eigenvalue weighted by Gasteiger charge is 2.35. The Morgan fingerprint density at radius 2 is 2.15 bits per heavy atom. The van der Waals surface area contributed by atoms with E-state index in [2.05, 4.69) is 5.10 Å². The Morgan fingerprint density at radius 1 is 1.50 bits per heavy atom. The van der Waals surface area contributed by atoms with Gasteiger partial charge in [-0.25, -0.2) is 4.79 Å². The smallest absolute Gasteiger partial charge is 0.435 e. The van der Waals surface area contributed by atoms with Crippen molar-refractivity contribution in [3.05, 3.63) is 18.0 Å². The van der Waals surface area contributed by atoms with Crippen molar-refractivity contribution in [1.82, 2.24) is 9.78 Å². The van der Waals surface area contributed by atoms with Crippen molar-refractivity contribution in [2.75, 3.05) is 7.11 Å². The zero-order valence-corrected chi connectivity index (χ0v) is 11.2. The second-order valence-electron chi connectivity index (χ2n) is 5.10. The maximum Gasteiger partial charge on any atom is 0.435 e. The van der Waals surface area contributed by atoms with Crippen LogP contribution in [-0.4, -0.2) is 22.9 Å². The lowest BCUT2D eigenvalue weighted by Crippen LogP contribution is -2.24. The number of aromatic nitrogens is 2. The number of esters is 1. The normalized spacial score (nSPS) is 18.2. The highest BCUT2D eigenvalue weighted by Crippen LogP contribution is 2.33. The summed E-state index contributed by atoms with van der Waals surface area (Å²) in [5, 5.41) is 3.48. The molecule has 1 aromatic heterocycles. The average Bonchev–Trinajstić information content (AvgIpc) is 3.05. The van der Waals surface area contributed by atoms with Crippen LogP contribution in [-0.2, 0) is 15.7 Å². The second kappa shape index (κ2) is 5.85. The summed E-state index contributed by atoms with van der Waals surface area (Å²) in [4.78, 5) is 11.8. The van der Waals surface area contributed by atoms with E-state index in [0.717, 1.165) is 36.4 Å². The molecule has 0 N–H and O–H groups in total. The van der Waals surface area contributed by atoms with Crippen LogP contribution in [0, 0.1) is 5.92 Å². The molecule has 1 heterocycles. The number of methoxy groups -OCH3 is 1. The van der Waals surface area contributed by atoms with E-state index in [4.69, 9.17) is 4.74 Å². The summed E-state index contributed by atoms with van der Waals surface area (Å²) in [7, 11) is 1.23. The van der Waals surface area contributed by atoms with Gasteiger partial charge in [0.05, 0.1) is 7.11 Å². The molecule has 1 aliphatic carbocycles. The van der Waals surface area contributed by atoms with Gasteiger partial charge < -0.3 is 4.74 Å². The lowest BCUT2D eigenvalue weighted by molar-refractivity contribution is -0.147. The van der Waals surface area contributed by atoms with Crippen molar-refractivity contribution in [3.63, 3.8) is 0 Å². The Morgan fingerprint density at radius 3 is 2.65 bits per heavy atom. The van der Waals surface area contributed by atoms with E-state index in [-0.39, 0.29) is 0 Å². The molecule has 0 amide bonds. The number of nitrogens with zero attached hydrogens (tertiary/aromatic N) is 2. The van der Waals surface area contributed by atoms with Gasteiger partial charge in [0.15, 0.2) is 5.69 Å². The second-order valence-corrected chi connectivity index (χ2v) is 5.10. The number of carbonyl (C=O) groups excluding carboxylic acids is 1. The summed E-state index contributed by atoms with van der Waals surface area (Å²) in [5.41, 5.74) is -0.988. The lowest BCUT2D eigenvalue weighted by atomic mass is 9.98. The van der Waals surface area contributed by atoms with Crippen molar-refractivity contribution in [1.29, 1.82) is 0 Å². The molecule has 112 valence electrons. The van der Waals surface area contributed by atoms with Gasteiger partial charge in [0, 0.05) is 6.20 Å². The van der Waals surface area contributed by atoms with Crippen molar-refractivity contribution >= 4 is 5.97 Å². The van der Waals surface area contributed by atoms with E-state index in [9.17, 15) is 18.0 Å². The maximum absolute atomic E-state index is 12.6. The molecular weight excluding hydrogens is 273 g/mol. The van der Waals surface area contributed by atoms with Gasteiger partial charge in [-0.3, -0.25) is 4.68 Å². The van der Waals surface area contributed by atoms with E-state index < -0.39 is 23.9 Å². The summed E-state index contributed by atoms with van der Waals surface area (Å²) in [6.07, 6.45) is 1.38. The van der Waals surface area contributed by atoms with Crippen LogP contribution in [0.4, 0.5) is 13.2 Å². The van der Waals surface area contributed by atoms with E-state index in [1.807, 2.05) is 0 Å². The molecule has 2 rings (SSSR count). The zero-order valence-electron chi connectivity index (χ0n) is 11.2. The first kappa shape index (κ1) is 14.9. The first-order chi connectivity index (χ1) is 9.41. The molecule has 7 heteroatoms. The van der Waals surface area contributed by atoms with E-state index in [0.29, 0.717) is 12.3 Å². The van der Waals surface area contributed by atoms with Crippen LogP contribution in [0.1, 0.15) is 43.8 Å². The van der Waals surface area contributed by atoms with Crippen molar-refractivity contribution in [3.8, 4) is 0 Å². The fraction of sp³-hybridized carbons (Fsp3) is 0.692. The number of rotatable bonds is 4. The first-order valence-corrected chi connectivity index (χ1v) is 6.62. The Bertz CT molecular complexity index is 464. The predicted octanol–water partition coefficient (Wildman–Crippen LogP) is 3.20. The Kier molecular flexibility index (Phi) is 4.35. The first-order valence-electron chi connectivity index (χ1n) is 6.62. The minimum Gasteiger partial charge on any atom is -0.467 e. The summed E-state index contributed by atoms with van der Waals surface area (Å²) >= 11 is 0. The fourth-order valence-corrected chi connectivity index (χ4v) is 2.67. The molecule has 0 aliphatic heterocycles. The Hall–Kier alpha value is -1.53. The van der Waals surface area contributed by atoms with Crippen LogP contribution in [0.2, 0.25) is 0 Å². The number of carbonyl (C=O) groups is 1. The van der Waals surface area contributed by atoms with E-state index >= 15 is 0 Å². The van der Waals surface area contributed by atoms with Crippen LogP contribution in [0.5, 0.6) is 0 Å². The maximum atomic E-state index is 12.6. The number of alkyl halides is 3. The highest BCUT2D eigenvalue weighted by atomic mass is 19.4. The monoisotopic (exact) mass is 290 g/mol. The predicted molar refractivity (Wildman–Crippen MR) is 64.9 cm³/mol. The number of ether oxygens (including phenoxy) is 1. The van der Waals surface area contributed by atoms with Gasteiger partial charge in [-0.05, 0) is 18.4 Å². The largest absolute Gasteiger partial charge is 0.467 e. The molecule has 0 spiro atoms. The van der Waals surface area contributed by atoms with Gasteiger partial charge in [-0.2, -0.15) is 18.3 Å². The summed E-state index contributed by atoms with van der Waals surface area (Å²) in [5.74, 6) is -0.202. The molecule has 0 saturated heterocycles. The van der Waals surface area contributed by atoms with Gasteiger partial charge >= 0.3 is 12.1 Å². The third-order valence-corrected chi connectivity index (χ3v) is 3.72. The molecule has 0 radical (unpaired) electrons. The molecule has 0 bridgehead atoms. The summed E-state index contributed by atoms with van der Waals surface area (Å²) in [6.45, 7) is 0. The van der Waals surface area contributed by atoms with Gasteiger partial charge in [-0.1, -0.05) is 25.7 Å². The zero-order chi connectivity index (χ0) is 14.8. The third-order valence-electron chi connectivity index (χ3n) is 3.72. The van der Waals surface area contributed by atoms with Gasteiger partial charge in [0.25, 0.3) is 0 Å². The van der Waals surface area contributed by atoms with Gasteiger partial charge in [-0.15, -0.1) is 0 Å².